The van der Waals surface area contributed by atoms with Gasteiger partial charge >= 0.3 is 0 Å². The maximum absolute atomic E-state index is 13.2. The number of benzene rings is 1. The molecule has 0 aliphatic rings. The van der Waals surface area contributed by atoms with Crippen molar-refractivity contribution in [2.24, 2.45) is 0 Å². The summed E-state index contributed by atoms with van der Waals surface area (Å²) in [4.78, 5) is 0. The molecular weight excluding hydrogens is 167 g/mol. The van der Waals surface area contributed by atoms with Crippen molar-refractivity contribution in [3.8, 4) is 0 Å². The molecule has 1 nitrogen and oxygen atoms in total. The third-order valence-electron chi connectivity index (χ3n) is 1.95. The summed E-state index contributed by atoms with van der Waals surface area (Å²) >= 11 is 0. The molecule has 1 N–H and O–H groups in total. The summed E-state index contributed by atoms with van der Waals surface area (Å²) in [5.74, 6) is 0.440. The van der Waals surface area contributed by atoms with Crippen molar-refractivity contribution < 1.29 is 9.50 Å². The van der Waals surface area contributed by atoms with Crippen molar-refractivity contribution in [2.45, 2.75) is 6.92 Å². The Labute approximate surface area is 77.5 Å². The standard InChI is InChI=1S/C11H12FO/c1-3-9-10(8(2)7-13)5-4-6-11(9)12/h3-6,13H,1,7H2,2H3. The molecule has 69 valence electrons. The average Bonchev–Trinajstić information content (AvgIpc) is 2.16. The van der Waals surface area contributed by atoms with E-state index in [1.165, 1.54) is 12.1 Å². The molecule has 0 fully saturated rings. The van der Waals surface area contributed by atoms with Crippen molar-refractivity contribution in [1.29, 1.82) is 0 Å². The van der Waals surface area contributed by atoms with Gasteiger partial charge in [-0.2, -0.15) is 0 Å². The molecule has 2 heteroatoms. The van der Waals surface area contributed by atoms with Gasteiger partial charge in [-0.25, -0.2) is 4.39 Å². The fraction of sp³-hybridized carbons (Fsp3) is 0.182. The van der Waals surface area contributed by atoms with E-state index >= 15 is 0 Å². The van der Waals surface area contributed by atoms with Crippen LogP contribution < -0.4 is 0 Å². The second-order valence-corrected chi connectivity index (χ2v) is 2.84. The second kappa shape index (κ2) is 4.19. The summed E-state index contributed by atoms with van der Waals surface area (Å²) in [6.45, 7) is 5.23. The number of hydrogen-bond donors (Lipinski definition) is 1. The Morgan fingerprint density at radius 1 is 1.62 bits per heavy atom. The summed E-state index contributed by atoms with van der Waals surface area (Å²) in [5.41, 5.74) is 1.17. The van der Waals surface area contributed by atoms with Crippen molar-refractivity contribution in [3.63, 3.8) is 0 Å². The maximum atomic E-state index is 13.2. The highest BCUT2D eigenvalue weighted by atomic mass is 19.1. The van der Waals surface area contributed by atoms with Crippen molar-refractivity contribution in [2.75, 3.05) is 6.61 Å². The Bertz CT molecular complexity index is 307. The fourth-order valence-corrected chi connectivity index (χ4v) is 1.20. The molecule has 0 amide bonds. The van der Waals surface area contributed by atoms with Gasteiger partial charge in [0.15, 0.2) is 0 Å². The monoisotopic (exact) mass is 179 g/mol. The molecule has 1 rings (SSSR count). The van der Waals surface area contributed by atoms with E-state index in [0.29, 0.717) is 5.56 Å². The molecule has 0 aromatic heterocycles. The van der Waals surface area contributed by atoms with E-state index in [-0.39, 0.29) is 12.4 Å². The van der Waals surface area contributed by atoms with Crippen LogP contribution in [0.5, 0.6) is 0 Å². The van der Waals surface area contributed by atoms with E-state index in [0.717, 1.165) is 11.5 Å². The molecule has 1 aromatic rings. The van der Waals surface area contributed by atoms with Gasteiger partial charge in [-0.3, -0.25) is 0 Å². The van der Waals surface area contributed by atoms with Crippen LogP contribution in [0.15, 0.2) is 24.8 Å². The van der Waals surface area contributed by atoms with E-state index in [2.05, 4.69) is 6.58 Å². The van der Waals surface area contributed by atoms with Crippen LogP contribution in [0, 0.1) is 11.7 Å². The van der Waals surface area contributed by atoms with Gasteiger partial charge in [-0.1, -0.05) is 31.7 Å². The summed E-state index contributed by atoms with van der Waals surface area (Å²) in [6, 6.07) is 4.77. The van der Waals surface area contributed by atoms with Crippen LogP contribution in [0.3, 0.4) is 0 Å². The molecule has 1 radical (unpaired) electrons. The highest BCUT2D eigenvalue weighted by Gasteiger charge is 2.11. The van der Waals surface area contributed by atoms with Crippen LogP contribution in [0.4, 0.5) is 4.39 Å². The van der Waals surface area contributed by atoms with Crippen LogP contribution in [0.2, 0.25) is 0 Å². The lowest BCUT2D eigenvalue weighted by Gasteiger charge is -2.11. The van der Waals surface area contributed by atoms with E-state index in [1.807, 2.05) is 0 Å². The number of rotatable bonds is 3. The van der Waals surface area contributed by atoms with Gasteiger partial charge in [-0.15, -0.1) is 0 Å². The maximum Gasteiger partial charge on any atom is 0.130 e. The number of aliphatic hydroxyl groups excluding tert-OH is 1. The Morgan fingerprint density at radius 3 is 2.85 bits per heavy atom. The first-order valence-electron chi connectivity index (χ1n) is 4.05. The molecule has 0 atom stereocenters. The minimum atomic E-state index is -0.305. The lowest BCUT2D eigenvalue weighted by Crippen LogP contribution is -2.03. The van der Waals surface area contributed by atoms with Gasteiger partial charge < -0.3 is 5.11 Å². The molecule has 1 aromatic carbocycles. The Hall–Kier alpha value is -1.15. The Kier molecular flexibility index (Phi) is 3.20. The highest BCUT2D eigenvalue weighted by molar-refractivity contribution is 5.56. The predicted molar refractivity (Wildman–Crippen MR) is 51.6 cm³/mol. The van der Waals surface area contributed by atoms with Gasteiger partial charge in [0.05, 0.1) is 6.61 Å². The normalized spacial score (nSPS) is 10.5. The van der Waals surface area contributed by atoms with Crippen LogP contribution in [0.25, 0.3) is 6.08 Å². The molecular formula is C11H12FO. The second-order valence-electron chi connectivity index (χ2n) is 2.84. The molecule has 0 aliphatic carbocycles. The third-order valence-corrected chi connectivity index (χ3v) is 1.95. The van der Waals surface area contributed by atoms with Crippen molar-refractivity contribution in [3.05, 3.63) is 47.6 Å². The zero-order valence-corrected chi connectivity index (χ0v) is 7.55. The molecule has 0 spiro atoms. The summed E-state index contributed by atoms with van der Waals surface area (Å²) < 4.78 is 13.2. The van der Waals surface area contributed by atoms with Gasteiger partial charge in [0.25, 0.3) is 0 Å². The molecule has 0 saturated carbocycles. The van der Waals surface area contributed by atoms with Crippen LogP contribution in [0.1, 0.15) is 18.1 Å². The molecule has 0 aliphatic heterocycles. The van der Waals surface area contributed by atoms with E-state index < -0.39 is 0 Å². The van der Waals surface area contributed by atoms with Crippen molar-refractivity contribution in [1.82, 2.24) is 0 Å². The summed E-state index contributed by atoms with van der Waals surface area (Å²) in [5, 5.41) is 8.91. The Balaban J connectivity index is 3.19. The third kappa shape index (κ3) is 1.95. The minimum absolute atomic E-state index is 0.0652. The van der Waals surface area contributed by atoms with Crippen LogP contribution in [-0.2, 0) is 0 Å². The topological polar surface area (TPSA) is 20.2 Å². The molecule has 0 unspecified atom stereocenters. The molecule has 0 saturated heterocycles. The van der Waals surface area contributed by atoms with Crippen LogP contribution >= 0.6 is 0 Å². The smallest absolute Gasteiger partial charge is 0.130 e. The molecule has 0 heterocycles. The molecule has 13 heavy (non-hydrogen) atoms. The summed E-state index contributed by atoms with van der Waals surface area (Å²) in [6.07, 6.45) is 1.46. The first-order chi connectivity index (χ1) is 6.20. The Morgan fingerprint density at radius 2 is 2.31 bits per heavy atom. The van der Waals surface area contributed by atoms with E-state index in [9.17, 15) is 4.39 Å². The van der Waals surface area contributed by atoms with E-state index in [1.54, 1.807) is 19.1 Å². The van der Waals surface area contributed by atoms with Gasteiger partial charge in [0.1, 0.15) is 5.82 Å². The zero-order valence-electron chi connectivity index (χ0n) is 7.55. The quantitative estimate of drug-likeness (QED) is 0.755. The number of aliphatic hydroxyl groups is 1. The van der Waals surface area contributed by atoms with Gasteiger partial charge in [-0.05, 0) is 11.6 Å². The molecule has 0 bridgehead atoms. The number of hydrogen-bond acceptors (Lipinski definition) is 1. The van der Waals surface area contributed by atoms with Gasteiger partial charge in [0, 0.05) is 11.5 Å². The average molecular weight is 179 g/mol. The summed E-state index contributed by atoms with van der Waals surface area (Å²) in [7, 11) is 0. The van der Waals surface area contributed by atoms with Crippen LogP contribution in [-0.4, -0.2) is 11.7 Å². The first-order valence-corrected chi connectivity index (χ1v) is 4.05. The first kappa shape index (κ1) is 9.93. The fourth-order valence-electron chi connectivity index (χ4n) is 1.20. The lowest BCUT2D eigenvalue weighted by molar-refractivity contribution is 0.314. The minimum Gasteiger partial charge on any atom is -0.395 e. The SMILES string of the molecule is C=Cc1c(F)cccc1[C](C)CO. The lowest BCUT2D eigenvalue weighted by atomic mass is 9.96. The zero-order chi connectivity index (χ0) is 9.84. The largest absolute Gasteiger partial charge is 0.395 e. The predicted octanol–water partition coefficient (Wildman–Crippen LogP) is 2.40. The van der Waals surface area contributed by atoms with E-state index in [4.69, 9.17) is 5.11 Å². The van der Waals surface area contributed by atoms with Gasteiger partial charge in [0.2, 0.25) is 0 Å². The highest BCUT2D eigenvalue weighted by Crippen LogP contribution is 2.21. The number of halogens is 1. The van der Waals surface area contributed by atoms with Crippen molar-refractivity contribution >= 4 is 6.08 Å².